The number of aliphatic hydroxyl groups is 1. The number of piperidine rings is 1. The molecule has 188 valence electrons. The zero-order valence-electron chi connectivity index (χ0n) is 20.4. The Bertz CT molecular complexity index is 1200. The van der Waals surface area contributed by atoms with E-state index in [1.165, 1.54) is 12.1 Å². The summed E-state index contributed by atoms with van der Waals surface area (Å²) in [6, 6.07) is 14.8. The number of carbonyl (C=O) groups excluding carboxylic acids is 1. The SMILES string of the molecule is O=C1NCC(c2ccc(F)cc2)C12CCN(C1CCCCC1(O)c1ccc(-n3ccnc3)cc1)CC2. The predicted molar refractivity (Wildman–Crippen MR) is 135 cm³/mol. The lowest BCUT2D eigenvalue weighted by molar-refractivity contribution is -0.134. The Kier molecular flexibility index (Phi) is 5.92. The lowest BCUT2D eigenvalue weighted by Crippen LogP contribution is -2.57. The summed E-state index contributed by atoms with van der Waals surface area (Å²) in [5, 5.41) is 15.2. The van der Waals surface area contributed by atoms with Crippen LogP contribution >= 0.6 is 0 Å². The molecule has 2 N–H and O–H groups in total. The molecule has 3 heterocycles. The van der Waals surface area contributed by atoms with Crippen LogP contribution in [-0.4, -0.2) is 51.1 Å². The highest BCUT2D eigenvalue weighted by Gasteiger charge is 2.54. The van der Waals surface area contributed by atoms with E-state index in [0.717, 1.165) is 68.4 Å². The van der Waals surface area contributed by atoms with Gasteiger partial charge in [-0.1, -0.05) is 37.1 Å². The van der Waals surface area contributed by atoms with Gasteiger partial charge in [-0.2, -0.15) is 0 Å². The van der Waals surface area contributed by atoms with Gasteiger partial charge >= 0.3 is 0 Å². The highest BCUT2D eigenvalue weighted by Crippen LogP contribution is 2.50. The van der Waals surface area contributed by atoms with Gasteiger partial charge in [0.05, 0.1) is 11.7 Å². The first kappa shape index (κ1) is 23.4. The molecule has 1 spiro atoms. The van der Waals surface area contributed by atoms with E-state index in [1.807, 2.05) is 47.2 Å². The Morgan fingerprint density at radius 2 is 1.75 bits per heavy atom. The number of aromatic nitrogens is 2. The number of halogens is 1. The van der Waals surface area contributed by atoms with Gasteiger partial charge in [-0.25, -0.2) is 9.37 Å². The van der Waals surface area contributed by atoms with Crippen LogP contribution in [0.4, 0.5) is 4.39 Å². The fraction of sp³-hybridized carbons (Fsp3) is 0.448. The first-order valence-corrected chi connectivity index (χ1v) is 13.1. The number of amides is 1. The van der Waals surface area contributed by atoms with E-state index in [9.17, 15) is 14.3 Å². The zero-order valence-corrected chi connectivity index (χ0v) is 20.4. The minimum atomic E-state index is -0.912. The number of hydrogen-bond acceptors (Lipinski definition) is 4. The molecule has 2 aromatic carbocycles. The number of nitrogens with zero attached hydrogens (tertiary/aromatic N) is 3. The topological polar surface area (TPSA) is 70.4 Å². The molecule has 1 amide bonds. The highest BCUT2D eigenvalue weighted by atomic mass is 19.1. The third-order valence-corrected chi connectivity index (χ3v) is 9.00. The minimum Gasteiger partial charge on any atom is -0.384 e. The van der Waals surface area contributed by atoms with Crippen molar-refractivity contribution in [2.75, 3.05) is 19.6 Å². The molecule has 3 aromatic rings. The van der Waals surface area contributed by atoms with Crippen LogP contribution in [0.3, 0.4) is 0 Å². The minimum absolute atomic E-state index is 0.0245. The van der Waals surface area contributed by atoms with Crippen molar-refractivity contribution in [1.82, 2.24) is 19.8 Å². The van der Waals surface area contributed by atoms with Gasteiger partial charge in [0.2, 0.25) is 5.91 Å². The Morgan fingerprint density at radius 3 is 2.44 bits per heavy atom. The van der Waals surface area contributed by atoms with Gasteiger partial charge in [0.15, 0.2) is 0 Å². The first-order chi connectivity index (χ1) is 17.5. The van der Waals surface area contributed by atoms with E-state index in [-0.39, 0.29) is 23.7 Å². The van der Waals surface area contributed by atoms with Crippen LogP contribution in [-0.2, 0) is 10.4 Å². The maximum atomic E-state index is 13.5. The summed E-state index contributed by atoms with van der Waals surface area (Å²) in [6.07, 6.45) is 10.7. The summed E-state index contributed by atoms with van der Waals surface area (Å²) in [7, 11) is 0. The molecule has 7 heteroatoms. The Balaban J connectivity index is 1.22. The summed E-state index contributed by atoms with van der Waals surface area (Å²) in [5.41, 5.74) is 1.62. The molecular formula is C29H33FN4O2. The van der Waals surface area contributed by atoms with E-state index in [1.54, 1.807) is 12.5 Å². The third-order valence-electron chi connectivity index (χ3n) is 9.00. The number of benzene rings is 2. The molecule has 6 rings (SSSR count). The second-order valence-corrected chi connectivity index (χ2v) is 10.7. The molecule has 2 aliphatic heterocycles. The molecule has 3 atom stereocenters. The quantitative estimate of drug-likeness (QED) is 0.579. The van der Waals surface area contributed by atoms with Gasteiger partial charge in [0, 0.05) is 36.6 Å². The van der Waals surface area contributed by atoms with Gasteiger partial charge < -0.3 is 15.0 Å². The number of carbonyl (C=O) groups is 1. The lowest BCUT2D eigenvalue weighted by Gasteiger charge is -2.50. The lowest BCUT2D eigenvalue weighted by atomic mass is 9.66. The van der Waals surface area contributed by atoms with Crippen LogP contribution in [0.25, 0.3) is 5.69 Å². The van der Waals surface area contributed by atoms with Crippen molar-refractivity contribution in [3.63, 3.8) is 0 Å². The van der Waals surface area contributed by atoms with Crippen molar-refractivity contribution >= 4 is 5.91 Å². The van der Waals surface area contributed by atoms with Gasteiger partial charge in [0.1, 0.15) is 11.4 Å². The largest absolute Gasteiger partial charge is 0.384 e. The third kappa shape index (κ3) is 3.85. The number of imidazole rings is 1. The molecule has 6 nitrogen and oxygen atoms in total. The monoisotopic (exact) mass is 488 g/mol. The Morgan fingerprint density at radius 1 is 1.00 bits per heavy atom. The van der Waals surface area contributed by atoms with E-state index in [0.29, 0.717) is 6.54 Å². The normalized spacial score (nSPS) is 28.3. The first-order valence-electron chi connectivity index (χ1n) is 13.1. The van der Waals surface area contributed by atoms with Crippen molar-refractivity contribution in [2.45, 2.75) is 56.1 Å². The molecule has 3 aliphatic rings. The number of nitrogens with one attached hydrogen (secondary N) is 1. The standard InChI is InChI=1S/C29H33FN4O2/c30-23-8-4-21(5-9-23)25-19-32-27(35)28(25)13-16-33(17-14-28)26-3-1-2-12-29(26,36)22-6-10-24(11-7-22)34-18-15-31-20-34/h4-11,15,18,20,25-26,36H,1-3,12-14,16-17,19H2,(H,32,35). The van der Waals surface area contributed by atoms with Gasteiger partial charge in [0.25, 0.3) is 0 Å². The number of rotatable bonds is 4. The van der Waals surface area contributed by atoms with Crippen molar-refractivity contribution < 1.29 is 14.3 Å². The van der Waals surface area contributed by atoms with Crippen molar-refractivity contribution in [3.8, 4) is 5.69 Å². The smallest absolute Gasteiger partial charge is 0.227 e. The molecule has 0 bridgehead atoms. The second-order valence-electron chi connectivity index (χ2n) is 10.7. The summed E-state index contributed by atoms with van der Waals surface area (Å²) >= 11 is 0. The fourth-order valence-corrected chi connectivity index (χ4v) is 6.96. The van der Waals surface area contributed by atoms with Crippen molar-refractivity contribution in [3.05, 3.63) is 84.2 Å². The fourth-order valence-electron chi connectivity index (χ4n) is 6.96. The molecule has 1 aromatic heterocycles. The molecule has 36 heavy (non-hydrogen) atoms. The maximum absolute atomic E-state index is 13.5. The number of likely N-dealkylation sites (tertiary alicyclic amines) is 1. The maximum Gasteiger partial charge on any atom is 0.227 e. The molecule has 1 saturated carbocycles. The summed E-state index contributed by atoms with van der Waals surface area (Å²) in [5.74, 6) is -0.0891. The van der Waals surface area contributed by atoms with E-state index >= 15 is 0 Å². The zero-order chi connectivity index (χ0) is 24.8. The van der Waals surface area contributed by atoms with Crippen LogP contribution in [0, 0.1) is 11.2 Å². The van der Waals surface area contributed by atoms with Crippen LogP contribution in [0.2, 0.25) is 0 Å². The molecular weight excluding hydrogens is 455 g/mol. The van der Waals surface area contributed by atoms with Crippen LogP contribution in [0.5, 0.6) is 0 Å². The van der Waals surface area contributed by atoms with Crippen LogP contribution in [0.1, 0.15) is 55.6 Å². The summed E-state index contributed by atoms with van der Waals surface area (Å²) in [6.45, 7) is 2.14. The Labute approximate surface area is 211 Å². The molecule has 3 unspecified atom stereocenters. The number of hydrogen-bond donors (Lipinski definition) is 2. The van der Waals surface area contributed by atoms with E-state index in [4.69, 9.17) is 0 Å². The average molecular weight is 489 g/mol. The second kappa shape index (κ2) is 9.12. The summed E-state index contributed by atoms with van der Waals surface area (Å²) < 4.78 is 15.5. The van der Waals surface area contributed by atoms with Gasteiger partial charge in [-0.3, -0.25) is 9.69 Å². The van der Waals surface area contributed by atoms with Gasteiger partial charge in [-0.05, 0) is 74.2 Å². The van der Waals surface area contributed by atoms with Crippen LogP contribution in [0.15, 0.2) is 67.3 Å². The molecule has 2 saturated heterocycles. The predicted octanol–water partition coefficient (Wildman–Crippen LogP) is 4.14. The molecule has 1 aliphatic carbocycles. The van der Waals surface area contributed by atoms with E-state index in [2.05, 4.69) is 15.2 Å². The molecule has 3 fully saturated rings. The molecule has 0 radical (unpaired) electrons. The van der Waals surface area contributed by atoms with Gasteiger partial charge in [-0.15, -0.1) is 0 Å². The Hall–Kier alpha value is -3.03. The van der Waals surface area contributed by atoms with E-state index < -0.39 is 11.0 Å². The van der Waals surface area contributed by atoms with Crippen LogP contribution < -0.4 is 5.32 Å². The van der Waals surface area contributed by atoms with Crippen molar-refractivity contribution in [2.24, 2.45) is 5.41 Å². The highest BCUT2D eigenvalue weighted by molar-refractivity contribution is 5.86. The van der Waals surface area contributed by atoms with Crippen molar-refractivity contribution in [1.29, 1.82) is 0 Å². The summed E-state index contributed by atoms with van der Waals surface area (Å²) in [4.78, 5) is 19.6. The average Bonchev–Trinajstić information content (AvgIpc) is 3.55.